The number of phenolic OH excluding ortho intramolecular Hbond substituents is 2. The number of carbonyl (C=O) groups is 1. The van der Waals surface area contributed by atoms with Gasteiger partial charge in [0.2, 0.25) is 5.78 Å². The third kappa shape index (κ3) is 2.13. The second kappa shape index (κ2) is 4.96. The first-order valence-corrected chi connectivity index (χ1v) is 6.36. The van der Waals surface area contributed by atoms with Crippen LogP contribution < -0.4 is 5.90 Å². The van der Waals surface area contributed by atoms with Crippen molar-refractivity contribution in [1.29, 1.82) is 0 Å². The van der Waals surface area contributed by atoms with Crippen LogP contribution in [0.2, 0.25) is 0 Å². The highest BCUT2D eigenvalue weighted by Crippen LogP contribution is 2.38. The molecule has 106 valence electrons. The molecule has 0 atom stereocenters. The van der Waals surface area contributed by atoms with Gasteiger partial charge in [-0.2, -0.15) is 5.90 Å². The highest BCUT2D eigenvalue weighted by molar-refractivity contribution is 6.16. The molecule has 0 aromatic heterocycles. The minimum atomic E-state index is -0.491. The minimum absolute atomic E-state index is 0.00897. The molecule has 21 heavy (non-hydrogen) atoms. The lowest BCUT2D eigenvalue weighted by Crippen LogP contribution is -2.20. The molecule has 0 fully saturated rings. The van der Waals surface area contributed by atoms with Crippen LogP contribution in [-0.4, -0.2) is 16.0 Å². The van der Waals surface area contributed by atoms with Gasteiger partial charge in [0, 0.05) is 18.1 Å². The SMILES string of the molecule is NOC1=C(c2ccccc2)Cc2cc(O)cc(O)c2C1=O. The molecule has 3 rings (SSSR count). The Morgan fingerprint density at radius 2 is 1.81 bits per heavy atom. The molecule has 0 unspecified atom stereocenters. The number of carbonyl (C=O) groups excluding carboxylic acids is 1. The molecule has 1 aliphatic carbocycles. The number of nitrogens with two attached hydrogens (primary N) is 1. The molecule has 0 amide bonds. The zero-order valence-corrected chi connectivity index (χ0v) is 11.0. The number of aromatic hydroxyl groups is 2. The molecule has 0 heterocycles. The maximum absolute atomic E-state index is 12.5. The van der Waals surface area contributed by atoms with Gasteiger partial charge in [0.05, 0.1) is 5.56 Å². The number of hydrogen-bond donors (Lipinski definition) is 3. The Kier molecular flexibility index (Phi) is 3.12. The zero-order chi connectivity index (χ0) is 15.0. The van der Waals surface area contributed by atoms with Crippen LogP contribution in [0.1, 0.15) is 21.5 Å². The van der Waals surface area contributed by atoms with E-state index in [9.17, 15) is 15.0 Å². The average Bonchev–Trinajstić information content (AvgIpc) is 2.47. The largest absolute Gasteiger partial charge is 0.508 e. The highest BCUT2D eigenvalue weighted by atomic mass is 16.6. The topological polar surface area (TPSA) is 92.8 Å². The first-order chi connectivity index (χ1) is 10.1. The Labute approximate surface area is 120 Å². The van der Waals surface area contributed by atoms with Crippen LogP contribution in [0.5, 0.6) is 11.5 Å². The summed E-state index contributed by atoms with van der Waals surface area (Å²) in [6.45, 7) is 0. The van der Waals surface area contributed by atoms with E-state index >= 15 is 0 Å². The summed E-state index contributed by atoms with van der Waals surface area (Å²) < 4.78 is 0. The van der Waals surface area contributed by atoms with Crippen LogP contribution in [0.25, 0.3) is 5.57 Å². The van der Waals surface area contributed by atoms with Crippen LogP contribution in [0.3, 0.4) is 0 Å². The molecule has 0 spiro atoms. The number of fused-ring (bicyclic) bond motifs is 1. The second-order valence-electron chi connectivity index (χ2n) is 4.80. The lowest BCUT2D eigenvalue weighted by Gasteiger charge is -2.21. The van der Waals surface area contributed by atoms with Crippen LogP contribution in [-0.2, 0) is 11.3 Å². The van der Waals surface area contributed by atoms with Crippen LogP contribution in [0.15, 0.2) is 48.2 Å². The second-order valence-corrected chi connectivity index (χ2v) is 4.80. The predicted octanol–water partition coefficient (Wildman–Crippen LogP) is 2.14. The fraction of sp³-hybridized carbons (Fsp3) is 0.0625. The van der Waals surface area contributed by atoms with Crippen LogP contribution in [0, 0.1) is 0 Å². The van der Waals surface area contributed by atoms with E-state index in [1.54, 1.807) is 0 Å². The van der Waals surface area contributed by atoms with Crippen molar-refractivity contribution in [2.45, 2.75) is 6.42 Å². The molecular weight excluding hydrogens is 270 g/mol. The first kappa shape index (κ1) is 13.2. The molecule has 0 radical (unpaired) electrons. The van der Waals surface area contributed by atoms with Crippen molar-refractivity contribution < 1.29 is 19.8 Å². The summed E-state index contributed by atoms with van der Waals surface area (Å²) in [5.41, 5.74) is 2.09. The lowest BCUT2D eigenvalue weighted by molar-refractivity contribution is 0.0914. The average molecular weight is 283 g/mol. The Bertz CT molecular complexity index is 750. The van der Waals surface area contributed by atoms with Crippen molar-refractivity contribution in [2.75, 3.05) is 0 Å². The first-order valence-electron chi connectivity index (χ1n) is 6.36. The fourth-order valence-electron chi connectivity index (χ4n) is 2.59. The van der Waals surface area contributed by atoms with Crippen LogP contribution >= 0.6 is 0 Å². The Morgan fingerprint density at radius 1 is 1.10 bits per heavy atom. The van der Waals surface area contributed by atoms with Crippen molar-refractivity contribution in [3.05, 3.63) is 64.9 Å². The minimum Gasteiger partial charge on any atom is -0.508 e. The van der Waals surface area contributed by atoms with Gasteiger partial charge < -0.3 is 15.1 Å². The number of phenols is 2. The van der Waals surface area contributed by atoms with E-state index in [2.05, 4.69) is 0 Å². The van der Waals surface area contributed by atoms with E-state index in [0.717, 1.165) is 11.6 Å². The van der Waals surface area contributed by atoms with E-state index in [-0.39, 0.29) is 22.8 Å². The van der Waals surface area contributed by atoms with E-state index in [4.69, 9.17) is 10.7 Å². The van der Waals surface area contributed by atoms with Crippen molar-refractivity contribution in [1.82, 2.24) is 0 Å². The van der Waals surface area contributed by atoms with Crippen LogP contribution in [0.4, 0.5) is 0 Å². The molecule has 2 aromatic carbocycles. The number of rotatable bonds is 2. The maximum Gasteiger partial charge on any atom is 0.234 e. The molecule has 0 saturated carbocycles. The van der Waals surface area contributed by atoms with Gasteiger partial charge >= 0.3 is 0 Å². The molecule has 0 bridgehead atoms. The van der Waals surface area contributed by atoms with Crippen molar-refractivity contribution in [2.24, 2.45) is 5.90 Å². The number of hydrogen-bond acceptors (Lipinski definition) is 5. The summed E-state index contributed by atoms with van der Waals surface area (Å²) in [6, 6.07) is 11.8. The Hall–Kier alpha value is -2.79. The molecule has 5 nitrogen and oxygen atoms in total. The van der Waals surface area contributed by atoms with Crippen molar-refractivity contribution in [3.63, 3.8) is 0 Å². The number of ketones is 1. The summed E-state index contributed by atoms with van der Waals surface area (Å²) >= 11 is 0. The molecule has 2 aromatic rings. The molecule has 0 saturated heterocycles. The third-order valence-electron chi connectivity index (χ3n) is 3.50. The van der Waals surface area contributed by atoms with Crippen molar-refractivity contribution in [3.8, 4) is 11.5 Å². The molecule has 1 aliphatic rings. The van der Waals surface area contributed by atoms with E-state index in [0.29, 0.717) is 17.6 Å². The summed E-state index contributed by atoms with van der Waals surface area (Å²) in [4.78, 5) is 17.2. The smallest absolute Gasteiger partial charge is 0.234 e. The van der Waals surface area contributed by atoms with E-state index in [1.165, 1.54) is 6.07 Å². The van der Waals surface area contributed by atoms with Gasteiger partial charge in [-0.15, -0.1) is 0 Å². The van der Waals surface area contributed by atoms with Gasteiger partial charge in [0.25, 0.3) is 0 Å². The molecular formula is C16H13NO4. The maximum atomic E-state index is 12.5. The molecule has 0 aliphatic heterocycles. The normalized spacial score (nSPS) is 14.0. The molecule has 5 heteroatoms. The van der Waals surface area contributed by atoms with Gasteiger partial charge in [-0.3, -0.25) is 4.79 Å². The monoisotopic (exact) mass is 283 g/mol. The highest BCUT2D eigenvalue weighted by Gasteiger charge is 2.31. The summed E-state index contributed by atoms with van der Waals surface area (Å²) in [5.74, 6) is 4.39. The Morgan fingerprint density at radius 3 is 2.48 bits per heavy atom. The van der Waals surface area contributed by atoms with E-state index in [1.807, 2.05) is 30.3 Å². The van der Waals surface area contributed by atoms with Gasteiger partial charge in [-0.1, -0.05) is 30.3 Å². The summed E-state index contributed by atoms with van der Waals surface area (Å²) in [6.07, 6.45) is 0.333. The number of allylic oxidation sites excluding steroid dienone is 2. The Balaban J connectivity index is 2.20. The lowest BCUT2D eigenvalue weighted by atomic mass is 9.85. The van der Waals surface area contributed by atoms with E-state index < -0.39 is 5.78 Å². The number of benzene rings is 2. The standard InChI is InChI=1S/C16H13NO4/c17-21-16-12(9-4-2-1-3-5-9)7-10-6-11(18)8-13(19)14(10)15(16)20/h1-6,8,18-19H,7,17H2. The summed E-state index contributed by atoms with van der Waals surface area (Å²) in [7, 11) is 0. The van der Waals surface area contributed by atoms with Gasteiger partial charge in [-0.25, -0.2) is 0 Å². The fourth-order valence-corrected chi connectivity index (χ4v) is 2.59. The molecule has 4 N–H and O–H groups in total. The van der Waals surface area contributed by atoms with Gasteiger partial charge in [-0.05, 0) is 17.2 Å². The number of Topliss-reactive ketones (excluding diaryl/α,β-unsaturated/α-hetero) is 1. The zero-order valence-electron chi connectivity index (χ0n) is 11.0. The van der Waals surface area contributed by atoms with Gasteiger partial charge in [0.1, 0.15) is 11.5 Å². The third-order valence-corrected chi connectivity index (χ3v) is 3.50. The van der Waals surface area contributed by atoms with Crippen molar-refractivity contribution >= 4 is 11.4 Å². The summed E-state index contributed by atoms with van der Waals surface area (Å²) in [5, 5.41) is 19.5. The van der Waals surface area contributed by atoms with Gasteiger partial charge in [0.15, 0.2) is 5.76 Å². The quantitative estimate of drug-likeness (QED) is 0.734. The predicted molar refractivity (Wildman–Crippen MR) is 76.4 cm³/mol.